The van der Waals surface area contributed by atoms with E-state index in [1.807, 2.05) is 6.92 Å². The molecule has 1 aromatic heterocycles. The lowest BCUT2D eigenvalue weighted by Crippen LogP contribution is -2.50. The van der Waals surface area contributed by atoms with Crippen molar-refractivity contribution in [3.63, 3.8) is 0 Å². The molecule has 0 aliphatic carbocycles. The van der Waals surface area contributed by atoms with Gasteiger partial charge in [-0.05, 0) is 52.7 Å². The lowest BCUT2D eigenvalue weighted by atomic mass is 9.98. The van der Waals surface area contributed by atoms with E-state index in [4.69, 9.17) is 11.6 Å². The Bertz CT molecular complexity index is 496. The SMILES string of the molecule is Cc1cc(C(=O)NC2CCN(C(C)(C)C)CC2)cc(Cl)n1. The second-order valence-corrected chi connectivity index (χ2v) is 7.11. The zero-order valence-corrected chi connectivity index (χ0v) is 14.0. The minimum atomic E-state index is -0.0587. The van der Waals surface area contributed by atoms with Crippen LogP contribution in [0.3, 0.4) is 0 Å². The molecule has 2 heterocycles. The van der Waals surface area contributed by atoms with Crippen molar-refractivity contribution in [3.8, 4) is 0 Å². The molecule has 4 nitrogen and oxygen atoms in total. The van der Waals surface area contributed by atoms with Crippen molar-refractivity contribution < 1.29 is 4.79 Å². The molecule has 1 N–H and O–H groups in total. The van der Waals surface area contributed by atoms with Crippen LogP contribution in [0.25, 0.3) is 0 Å². The molecule has 0 atom stereocenters. The zero-order valence-electron chi connectivity index (χ0n) is 13.2. The second kappa shape index (κ2) is 6.32. The average Bonchev–Trinajstić information content (AvgIpc) is 2.37. The van der Waals surface area contributed by atoms with Crippen molar-refractivity contribution in [1.29, 1.82) is 0 Å². The van der Waals surface area contributed by atoms with Crippen molar-refractivity contribution in [2.45, 2.75) is 52.1 Å². The Balaban J connectivity index is 1.93. The molecule has 0 unspecified atom stereocenters. The number of carbonyl (C=O) groups excluding carboxylic acids is 1. The highest BCUT2D eigenvalue weighted by Gasteiger charge is 2.27. The number of halogens is 1. The van der Waals surface area contributed by atoms with Crippen LogP contribution in [0.1, 0.15) is 49.7 Å². The molecule has 0 spiro atoms. The van der Waals surface area contributed by atoms with Gasteiger partial charge in [0.2, 0.25) is 0 Å². The number of pyridine rings is 1. The highest BCUT2D eigenvalue weighted by atomic mass is 35.5. The molecule has 1 aliphatic heterocycles. The third kappa shape index (κ3) is 4.42. The van der Waals surface area contributed by atoms with Gasteiger partial charge in [0.25, 0.3) is 5.91 Å². The number of likely N-dealkylation sites (tertiary alicyclic amines) is 1. The average molecular weight is 310 g/mol. The van der Waals surface area contributed by atoms with E-state index in [2.05, 4.69) is 36.0 Å². The molecule has 21 heavy (non-hydrogen) atoms. The summed E-state index contributed by atoms with van der Waals surface area (Å²) in [6, 6.07) is 3.63. The quantitative estimate of drug-likeness (QED) is 0.854. The summed E-state index contributed by atoms with van der Waals surface area (Å²) in [7, 11) is 0. The lowest BCUT2D eigenvalue weighted by Gasteiger charge is -2.41. The van der Waals surface area contributed by atoms with Crippen LogP contribution in [0.15, 0.2) is 12.1 Å². The minimum Gasteiger partial charge on any atom is -0.349 e. The Morgan fingerprint density at radius 2 is 1.95 bits per heavy atom. The molecule has 1 aromatic rings. The van der Waals surface area contributed by atoms with Crippen LogP contribution >= 0.6 is 11.6 Å². The van der Waals surface area contributed by atoms with E-state index in [1.54, 1.807) is 12.1 Å². The Morgan fingerprint density at radius 3 is 2.48 bits per heavy atom. The molecule has 2 rings (SSSR count). The van der Waals surface area contributed by atoms with E-state index in [9.17, 15) is 4.79 Å². The van der Waals surface area contributed by atoms with Crippen molar-refractivity contribution in [2.75, 3.05) is 13.1 Å². The van der Waals surface area contributed by atoms with E-state index in [0.717, 1.165) is 31.6 Å². The summed E-state index contributed by atoms with van der Waals surface area (Å²) in [5.41, 5.74) is 1.55. The normalized spacial score (nSPS) is 17.8. The van der Waals surface area contributed by atoms with E-state index in [-0.39, 0.29) is 17.5 Å². The van der Waals surface area contributed by atoms with E-state index in [0.29, 0.717) is 10.7 Å². The van der Waals surface area contributed by atoms with E-state index in [1.165, 1.54) is 0 Å². The van der Waals surface area contributed by atoms with Gasteiger partial charge in [0.15, 0.2) is 0 Å². The van der Waals surface area contributed by atoms with Crippen LogP contribution < -0.4 is 5.32 Å². The molecule has 0 bridgehead atoms. The van der Waals surface area contributed by atoms with Crippen molar-refractivity contribution in [3.05, 3.63) is 28.5 Å². The smallest absolute Gasteiger partial charge is 0.251 e. The van der Waals surface area contributed by atoms with Crippen LogP contribution in [0.4, 0.5) is 0 Å². The number of amides is 1. The number of aryl methyl sites for hydroxylation is 1. The molecule has 5 heteroatoms. The first-order valence-corrected chi connectivity index (χ1v) is 7.83. The Morgan fingerprint density at radius 1 is 1.33 bits per heavy atom. The molecular formula is C16H24ClN3O. The number of carbonyl (C=O) groups is 1. The summed E-state index contributed by atoms with van der Waals surface area (Å²) < 4.78 is 0. The summed E-state index contributed by atoms with van der Waals surface area (Å²) >= 11 is 5.91. The van der Waals surface area contributed by atoms with Gasteiger partial charge in [-0.3, -0.25) is 9.69 Å². The fourth-order valence-electron chi connectivity index (χ4n) is 2.72. The predicted octanol–water partition coefficient (Wildman–Crippen LogP) is 3.04. The highest BCUT2D eigenvalue weighted by Crippen LogP contribution is 2.20. The van der Waals surface area contributed by atoms with Gasteiger partial charge in [-0.1, -0.05) is 11.6 Å². The topological polar surface area (TPSA) is 45.2 Å². The molecule has 116 valence electrons. The fourth-order valence-corrected chi connectivity index (χ4v) is 2.97. The van der Waals surface area contributed by atoms with Crippen LogP contribution in [-0.4, -0.2) is 40.5 Å². The summed E-state index contributed by atoms with van der Waals surface area (Å²) in [6.45, 7) is 10.6. The number of rotatable bonds is 2. The fraction of sp³-hybridized carbons (Fsp3) is 0.625. The van der Waals surface area contributed by atoms with Gasteiger partial charge in [-0.2, -0.15) is 0 Å². The number of hydrogen-bond acceptors (Lipinski definition) is 3. The van der Waals surface area contributed by atoms with Crippen molar-refractivity contribution in [1.82, 2.24) is 15.2 Å². The zero-order chi connectivity index (χ0) is 15.6. The Labute approximate surface area is 131 Å². The maximum absolute atomic E-state index is 12.3. The van der Waals surface area contributed by atoms with E-state index < -0.39 is 0 Å². The number of nitrogens with zero attached hydrogens (tertiary/aromatic N) is 2. The lowest BCUT2D eigenvalue weighted by molar-refractivity contribution is 0.0812. The second-order valence-electron chi connectivity index (χ2n) is 6.73. The van der Waals surface area contributed by atoms with Crippen LogP contribution in [0, 0.1) is 6.92 Å². The highest BCUT2D eigenvalue weighted by molar-refractivity contribution is 6.29. The molecular weight excluding hydrogens is 286 g/mol. The molecule has 0 aromatic carbocycles. The van der Waals surface area contributed by atoms with Gasteiger partial charge < -0.3 is 5.32 Å². The van der Waals surface area contributed by atoms with Gasteiger partial charge in [0, 0.05) is 35.9 Å². The first kappa shape index (κ1) is 16.2. The number of piperidine rings is 1. The molecule has 1 fully saturated rings. The first-order valence-electron chi connectivity index (χ1n) is 7.46. The molecule has 1 saturated heterocycles. The maximum atomic E-state index is 12.3. The van der Waals surface area contributed by atoms with Crippen LogP contribution in [0.5, 0.6) is 0 Å². The maximum Gasteiger partial charge on any atom is 0.251 e. The summed E-state index contributed by atoms with van der Waals surface area (Å²) in [4.78, 5) is 18.8. The van der Waals surface area contributed by atoms with Gasteiger partial charge in [-0.15, -0.1) is 0 Å². The standard InChI is InChI=1S/C16H24ClN3O/c1-11-9-12(10-14(17)18-11)15(21)19-13-5-7-20(8-6-13)16(2,3)4/h9-10,13H,5-8H2,1-4H3,(H,19,21). The summed E-state index contributed by atoms with van der Waals surface area (Å²) in [6.07, 6.45) is 1.97. The molecule has 1 amide bonds. The van der Waals surface area contributed by atoms with Crippen LogP contribution in [0.2, 0.25) is 5.15 Å². The Kier molecular flexibility index (Phi) is 4.89. The third-order valence-electron chi connectivity index (χ3n) is 3.96. The first-order chi connectivity index (χ1) is 9.75. The van der Waals surface area contributed by atoms with E-state index >= 15 is 0 Å². The van der Waals surface area contributed by atoms with Crippen molar-refractivity contribution in [2.24, 2.45) is 0 Å². The van der Waals surface area contributed by atoms with Crippen molar-refractivity contribution >= 4 is 17.5 Å². The van der Waals surface area contributed by atoms with Gasteiger partial charge >= 0.3 is 0 Å². The number of nitrogens with one attached hydrogen (secondary N) is 1. The van der Waals surface area contributed by atoms with Gasteiger partial charge in [0.05, 0.1) is 0 Å². The minimum absolute atomic E-state index is 0.0587. The molecule has 1 aliphatic rings. The Hall–Kier alpha value is -1.13. The molecule has 0 radical (unpaired) electrons. The third-order valence-corrected chi connectivity index (χ3v) is 4.16. The summed E-state index contributed by atoms with van der Waals surface area (Å²) in [5, 5.41) is 3.47. The summed E-state index contributed by atoms with van der Waals surface area (Å²) in [5.74, 6) is -0.0587. The number of aromatic nitrogens is 1. The van der Waals surface area contributed by atoms with Crippen LogP contribution in [-0.2, 0) is 0 Å². The monoisotopic (exact) mass is 309 g/mol. The largest absolute Gasteiger partial charge is 0.349 e. The van der Waals surface area contributed by atoms with Gasteiger partial charge in [-0.25, -0.2) is 4.98 Å². The predicted molar refractivity (Wildman–Crippen MR) is 85.8 cm³/mol. The number of hydrogen-bond donors (Lipinski definition) is 1. The molecule has 0 saturated carbocycles. The van der Waals surface area contributed by atoms with Gasteiger partial charge in [0.1, 0.15) is 5.15 Å².